The first kappa shape index (κ1) is 24.0. The van der Waals surface area contributed by atoms with Crippen molar-refractivity contribution in [1.82, 2.24) is 15.5 Å². The van der Waals surface area contributed by atoms with Crippen molar-refractivity contribution in [1.29, 1.82) is 0 Å². The van der Waals surface area contributed by atoms with Gasteiger partial charge in [0.25, 0.3) is 0 Å². The summed E-state index contributed by atoms with van der Waals surface area (Å²) in [6.45, 7) is 7.37. The van der Waals surface area contributed by atoms with E-state index < -0.39 is 0 Å². The maximum Gasteiger partial charge on any atom is 0.190 e. The Hall–Kier alpha value is -1.02. The van der Waals surface area contributed by atoms with Crippen molar-refractivity contribution in [2.24, 2.45) is 4.99 Å². The first-order valence-corrected chi connectivity index (χ1v) is 8.85. The number of unbranched alkanes of at least 4 members (excludes halogenated alkanes) is 1. The minimum Gasteiger partial charge on any atom is -0.496 e. The summed E-state index contributed by atoms with van der Waals surface area (Å²) in [5.41, 5.74) is 1.21. The van der Waals surface area contributed by atoms with Gasteiger partial charge in [-0.1, -0.05) is 18.2 Å². The Morgan fingerprint density at radius 2 is 1.84 bits per heavy atom. The average Bonchev–Trinajstić information content (AvgIpc) is 2.59. The summed E-state index contributed by atoms with van der Waals surface area (Å²) in [4.78, 5) is 6.65. The number of halogens is 1. The highest BCUT2D eigenvalue weighted by Crippen LogP contribution is 2.17. The van der Waals surface area contributed by atoms with Crippen LogP contribution in [0.1, 0.15) is 32.3 Å². The molecule has 0 bridgehead atoms. The van der Waals surface area contributed by atoms with E-state index in [2.05, 4.69) is 47.5 Å². The van der Waals surface area contributed by atoms with Crippen LogP contribution in [0.3, 0.4) is 0 Å². The van der Waals surface area contributed by atoms with E-state index in [1.54, 1.807) is 7.11 Å². The Morgan fingerprint density at radius 1 is 1.16 bits per heavy atom. The van der Waals surface area contributed by atoms with E-state index in [0.717, 1.165) is 44.2 Å². The van der Waals surface area contributed by atoms with Gasteiger partial charge in [-0.3, -0.25) is 4.99 Å². The summed E-state index contributed by atoms with van der Waals surface area (Å²) in [7, 11) is 5.70. The van der Waals surface area contributed by atoms with Crippen molar-refractivity contribution < 1.29 is 4.74 Å². The fraction of sp³-hybridized carbons (Fsp3) is 0.632. The zero-order chi connectivity index (χ0) is 17.8. The second-order valence-electron chi connectivity index (χ2n) is 6.27. The van der Waals surface area contributed by atoms with Gasteiger partial charge >= 0.3 is 0 Å². The first-order chi connectivity index (χ1) is 11.6. The third-order valence-electron chi connectivity index (χ3n) is 4.21. The third kappa shape index (κ3) is 9.89. The lowest BCUT2D eigenvalue weighted by Gasteiger charge is -2.20. The Morgan fingerprint density at radius 3 is 2.48 bits per heavy atom. The number of guanidine groups is 1. The number of aliphatic imine (C=N–C) groups is 1. The Kier molecular flexibility index (Phi) is 13.6. The number of benzene rings is 1. The number of para-hydroxylation sites is 1. The molecule has 0 amide bonds. The minimum atomic E-state index is 0. The minimum absolute atomic E-state index is 0. The fourth-order valence-corrected chi connectivity index (χ4v) is 2.40. The van der Waals surface area contributed by atoms with Gasteiger partial charge in [0, 0.05) is 26.2 Å². The molecule has 1 rings (SSSR count). The van der Waals surface area contributed by atoms with Gasteiger partial charge in [-0.2, -0.15) is 0 Å². The predicted molar refractivity (Wildman–Crippen MR) is 118 cm³/mol. The standard InChI is InChI=1S/C19H34N4O.HI/c1-16(2)23(4)15-9-8-13-21-19(20-3)22-14-12-17-10-6-7-11-18(17)24-5;/h6-7,10-11,16H,8-9,12-15H2,1-5H3,(H2,20,21,22);1H. The zero-order valence-electron chi connectivity index (χ0n) is 16.3. The van der Waals surface area contributed by atoms with Crippen LogP contribution >= 0.6 is 24.0 Å². The summed E-state index contributed by atoms with van der Waals surface area (Å²) in [6, 6.07) is 8.74. The van der Waals surface area contributed by atoms with Gasteiger partial charge in [0.05, 0.1) is 7.11 Å². The lowest BCUT2D eigenvalue weighted by molar-refractivity contribution is 0.268. The van der Waals surface area contributed by atoms with Crippen LogP contribution in [-0.2, 0) is 6.42 Å². The van der Waals surface area contributed by atoms with Crippen LogP contribution in [0.5, 0.6) is 5.75 Å². The Labute approximate surface area is 170 Å². The average molecular weight is 462 g/mol. The van der Waals surface area contributed by atoms with E-state index in [1.807, 2.05) is 25.2 Å². The summed E-state index contributed by atoms with van der Waals surface area (Å²) in [6.07, 6.45) is 3.24. The van der Waals surface area contributed by atoms with Gasteiger partial charge < -0.3 is 20.3 Å². The van der Waals surface area contributed by atoms with E-state index in [-0.39, 0.29) is 24.0 Å². The van der Waals surface area contributed by atoms with Gasteiger partial charge in [0.1, 0.15) is 5.75 Å². The highest BCUT2D eigenvalue weighted by atomic mass is 127. The van der Waals surface area contributed by atoms with E-state index in [0.29, 0.717) is 6.04 Å². The maximum absolute atomic E-state index is 5.38. The molecule has 5 nitrogen and oxygen atoms in total. The third-order valence-corrected chi connectivity index (χ3v) is 4.21. The fourth-order valence-electron chi connectivity index (χ4n) is 2.40. The molecule has 0 radical (unpaired) electrons. The van der Waals surface area contributed by atoms with Crippen LogP contribution in [0.2, 0.25) is 0 Å². The van der Waals surface area contributed by atoms with Crippen LogP contribution in [0, 0.1) is 0 Å². The highest BCUT2D eigenvalue weighted by molar-refractivity contribution is 14.0. The molecule has 0 saturated carbocycles. The number of hydrogen-bond acceptors (Lipinski definition) is 3. The molecule has 0 saturated heterocycles. The number of rotatable bonds is 10. The molecule has 0 spiro atoms. The zero-order valence-corrected chi connectivity index (χ0v) is 18.7. The predicted octanol–water partition coefficient (Wildman–Crippen LogP) is 3.14. The van der Waals surface area contributed by atoms with Crippen LogP contribution in [0.15, 0.2) is 29.3 Å². The smallest absolute Gasteiger partial charge is 0.190 e. The first-order valence-electron chi connectivity index (χ1n) is 8.85. The maximum atomic E-state index is 5.38. The molecule has 1 aromatic carbocycles. The number of nitrogens with zero attached hydrogens (tertiary/aromatic N) is 2. The van der Waals surface area contributed by atoms with Crippen LogP contribution < -0.4 is 15.4 Å². The molecular weight excluding hydrogens is 427 g/mol. The number of ether oxygens (including phenoxy) is 1. The second-order valence-corrected chi connectivity index (χ2v) is 6.27. The van der Waals surface area contributed by atoms with Crippen molar-refractivity contribution in [2.45, 2.75) is 39.2 Å². The molecule has 0 fully saturated rings. The molecule has 0 atom stereocenters. The molecule has 0 aliphatic heterocycles. The summed E-state index contributed by atoms with van der Waals surface area (Å²) >= 11 is 0. The van der Waals surface area contributed by atoms with Crippen molar-refractivity contribution in [3.63, 3.8) is 0 Å². The van der Waals surface area contributed by atoms with Crippen molar-refractivity contribution in [3.8, 4) is 5.75 Å². The van der Waals surface area contributed by atoms with Gasteiger partial charge in [-0.25, -0.2) is 0 Å². The Balaban J connectivity index is 0.00000576. The molecule has 0 aromatic heterocycles. The van der Waals surface area contributed by atoms with Crippen LogP contribution in [0.4, 0.5) is 0 Å². The summed E-state index contributed by atoms with van der Waals surface area (Å²) < 4.78 is 5.38. The molecule has 25 heavy (non-hydrogen) atoms. The largest absolute Gasteiger partial charge is 0.496 e. The molecule has 0 unspecified atom stereocenters. The molecule has 0 heterocycles. The van der Waals surface area contributed by atoms with E-state index in [4.69, 9.17) is 4.74 Å². The van der Waals surface area contributed by atoms with Gasteiger partial charge in [-0.15, -0.1) is 24.0 Å². The molecule has 0 aliphatic rings. The summed E-state index contributed by atoms with van der Waals surface area (Å²) in [5, 5.41) is 6.74. The lowest BCUT2D eigenvalue weighted by atomic mass is 10.1. The van der Waals surface area contributed by atoms with Crippen LogP contribution in [0.25, 0.3) is 0 Å². The van der Waals surface area contributed by atoms with E-state index in [9.17, 15) is 0 Å². The molecule has 1 aromatic rings. The topological polar surface area (TPSA) is 48.9 Å². The van der Waals surface area contributed by atoms with Gasteiger partial charge in [-0.05, 0) is 58.3 Å². The second kappa shape index (κ2) is 14.2. The van der Waals surface area contributed by atoms with Crippen molar-refractivity contribution in [3.05, 3.63) is 29.8 Å². The molecule has 0 aliphatic carbocycles. The van der Waals surface area contributed by atoms with Gasteiger partial charge in [0.2, 0.25) is 0 Å². The number of hydrogen-bond donors (Lipinski definition) is 2. The number of nitrogens with one attached hydrogen (secondary N) is 2. The van der Waals surface area contributed by atoms with E-state index in [1.165, 1.54) is 12.0 Å². The Bertz CT molecular complexity index is 494. The van der Waals surface area contributed by atoms with Crippen molar-refractivity contribution in [2.75, 3.05) is 40.8 Å². The molecular formula is C19H35IN4O. The molecule has 2 N–H and O–H groups in total. The molecule has 6 heteroatoms. The van der Waals surface area contributed by atoms with Gasteiger partial charge in [0.15, 0.2) is 5.96 Å². The quantitative estimate of drug-likeness (QED) is 0.243. The lowest BCUT2D eigenvalue weighted by Crippen LogP contribution is -2.39. The van der Waals surface area contributed by atoms with E-state index >= 15 is 0 Å². The van der Waals surface area contributed by atoms with Crippen LogP contribution in [-0.4, -0.2) is 57.7 Å². The van der Waals surface area contributed by atoms with Crippen molar-refractivity contribution >= 4 is 29.9 Å². The normalized spacial score (nSPS) is 11.4. The summed E-state index contributed by atoms with van der Waals surface area (Å²) in [5.74, 6) is 1.80. The highest BCUT2D eigenvalue weighted by Gasteiger charge is 2.04. The number of methoxy groups -OCH3 is 1. The molecule has 144 valence electrons. The monoisotopic (exact) mass is 462 g/mol. The SMILES string of the molecule is CN=C(NCCCCN(C)C(C)C)NCCc1ccccc1OC.I.